The van der Waals surface area contributed by atoms with Crippen LogP contribution in [0, 0.1) is 6.92 Å². The molecule has 1 aliphatic rings. The molecule has 0 radical (unpaired) electrons. The van der Waals surface area contributed by atoms with Gasteiger partial charge in [0, 0.05) is 44.2 Å². The van der Waals surface area contributed by atoms with Gasteiger partial charge in [0.05, 0.1) is 0 Å². The van der Waals surface area contributed by atoms with Crippen LogP contribution in [0.1, 0.15) is 30.0 Å². The molecular formula is C15H21F3N2O. The van der Waals surface area contributed by atoms with E-state index in [-0.39, 0.29) is 12.2 Å². The Morgan fingerprint density at radius 2 is 1.95 bits per heavy atom. The highest BCUT2D eigenvalue weighted by molar-refractivity contribution is 5.38. The molecule has 0 saturated carbocycles. The third-order valence-electron chi connectivity index (χ3n) is 3.84. The molecule has 0 aliphatic carbocycles. The molecule has 0 bridgehead atoms. The van der Waals surface area contributed by atoms with Crippen molar-refractivity contribution in [3.05, 3.63) is 29.3 Å². The second kappa shape index (κ2) is 6.66. The molecular weight excluding hydrogens is 281 g/mol. The summed E-state index contributed by atoms with van der Waals surface area (Å²) in [6.45, 7) is 4.78. The zero-order valence-corrected chi connectivity index (χ0v) is 12.1. The minimum Gasteiger partial charge on any atom is -0.508 e. The van der Waals surface area contributed by atoms with Crippen LogP contribution in [0.15, 0.2) is 18.2 Å². The van der Waals surface area contributed by atoms with Crippen LogP contribution in [-0.2, 0) is 0 Å². The maximum Gasteiger partial charge on any atom is 0.389 e. The van der Waals surface area contributed by atoms with E-state index in [0.29, 0.717) is 18.7 Å². The summed E-state index contributed by atoms with van der Waals surface area (Å²) in [6.07, 6.45) is -5.04. The van der Waals surface area contributed by atoms with Gasteiger partial charge >= 0.3 is 6.18 Å². The number of nitrogens with zero attached hydrogens (tertiary/aromatic N) is 1. The van der Waals surface area contributed by atoms with Gasteiger partial charge in [-0.05, 0) is 19.4 Å². The molecule has 1 aliphatic heterocycles. The van der Waals surface area contributed by atoms with Crippen molar-refractivity contribution in [2.75, 3.05) is 26.2 Å². The minimum atomic E-state index is -4.17. The summed E-state index contributed by atoms with van der Waals surface area (Å²) >= 11 is 0. The Morgan fingerprint density at radius 1 is 1.29 bits per heavy atom. The van der Waals surface area contributed by atoms with Crippen LogP contribution in [0.4, 0.5) is 13.2 Å². The first kappa shape index (κ1) is 16.1. The highest BCUT2D eigenvalue weighted by Crippen LogP contribution is 2.36. The number of piperazine rings is 1. The summed E-state index contributed by atoms with van der Waals surface area (Å²) in [6, 6.07) is 4.72. The predicted molar refractivity (Wildman–Crippen MR) is 75.3 cm³/mol. The van der Waals surface area contributed by atoms with Crippen LogP contribution in [-0.4, -0.2) is 42.4 Å². The molecule has 2 N–H and O–H groups in total. The number of aryl methyl sites for hydroxylation is 1. The molecule has 1 aromatic rings. The SMILES string of the molecule is Cc1ccc(O)c([C@@H](CCC(F)(F)F)N2CCNCC2)c1. The van der Waals surface area contributed by atoms with Crippen molar-refractivity contribution in [1.82, 2.24) is 10.2 Å². The number of hydrogen-bond donors (Lipinski definition) is 2. The lowest BCUT2D eigenvalue weighted by Gasteiger charge is -2.35. The third-order valence-corrected chi connectivity index (χ3v) is 3.84. The Labute approximate surface area is 122 Å². The number of aromatic hydroxyl groups is 1. The lowest BCUT2D eigenvalue weighted by Crippen LogP contribution is -2.45. The van der Waals surface area contributed by atoms with E-state index < -0.39 is 18.6 Å². The first-order chi connectivity index (χ1) is 9.87. The van der Waals surface area contributed by atoms with Gasteiger partial charge in [0.15, 0.2) is 0 Å². The van der Waals surface area contributed by atoms with E-state index in [4.69, 9.17) is 0 Å². The highest BCUT2D eigenvalue weighted by atomic mass is 19.4. The number of nitrogens with one attached hydrogen (secondary N) is 1. The molecule has 1 atom stereocenters. The van der Waals surface area contributed by atoms with Gasteiger partial charge in [-0.2, -0.15) is 13.2 Å². The number of halogens is 3. The molecule has 0 amide bonds. The van der Waals surface area contributed by atoms with Crippen LogP contribution in [0.3, 0.4) is 0 Å². The summed E-state index contributed by atoms with van der Waals surface area (Å²) in [7, 11) is 0. The lowest BCUT2D eigenvalue weighted by atomic mass is 9.97. The summed E-state index contributed by atoms with van der Waals surface area (Å²) in [5.41, 5.74) is 1.54. The van der Waals surface area contributed by atoms with Gasteiger partial charge in [-0.3, -0.25) is 4.90 Å². The first-order valence-corrected chi connectivity index (χ1v) is 7.18. The Morgan fingerprint density at radius 3 is 2.57 bits per heavy atom. The molecule has 1 heterocycles. The summed E-state index contributed by atoms with van der Waals surface area (Å²) in [5, 5.41) is 13.2. The number of alkyl halides is 3. The average molecular weight is 302 g/mol. The number of rotatable bonds is 4. The number of phenols is 1. The molecule has 6 heteroatoms. The fourth-order valence-electron chi connectivity index (χ4n) is 2.77. The third kappa shape index (κ3) is 4.61. The molecule has 1 aromatic carbocycles. The highest BCUT2D eigenvalue weighted by Gasteiger charge is 2.32. The van der Waals surface area contributed by atoms with Gasteiger partial charge < -0.3 is 10.4 Å². The van der Waals surface area contributed by atoms with E-state index in [1.807, 2.05) is 11.8 Å². The lowest BCUT2D eigenvalue weighted by molar-refractivity contribution is -0.138. The number of phenolic OH excluding ortho intramolecular Hbond substituents is 1. The monoisotopic (exact) mass is 302 g/mol. The van der Waals surface area contributed by atoms with Crippen molar-refractivity contribution in [2.24, 2.45) is 0 Å². The van der Waals surface area contributed by atoms with E-state index >= 15 is 0 Å². The van der Waals surface area contributed by atoms with Crippen molar-refractivity contribution < 1.29 is 18.3 Å². The second-order valence-corrected chi connectivity index (χ2v) is 5.52. The Kier molecular flexibility index (Phi) is 5.11. The fourth-order valence-corrected chi connectivity index (χ4v) is 2.77. The largest absolute Gasteiger partial charge is 0.508 e. The van der Waals surface area contributed by atoms with Gasteiger partial charge in [0.25, 0.3) is 0 Å². The molecule has 0 aromatic heterocycles. The van der Waals surface area contributed by atoms with Gasteiger partial charge in [-0.25, -0.2) is 0 Å². The average Bonchev–Trinajstić information content (AvgIpc) is 2.43. The van der Waals surface area contributed by atoms with Crippen LogP contribution in [0.2, 0.25) is 0 Å². The predicted octanol–water partition coefficient (Wildman–Crippen LogP) is 2.99. The van der Waals surface area contributed by atoms with E-state index in [1.165, 1.54) is 0 Å². The van der Waals surface area contributed by atoms with Crippen molar-refractivity contribution >= 4 is 0 Å². The number of benzene rings is 1. The summed E-state index contributed by atoms with van der Waals surface area (Å²) in [5.74, 6) is 0.0753. The Balaban J connectivity index is 2.23. The Hall–Kier alpha value is -1.27. The zero-order chi connectivity index (χ0) is 15.5. The zero-order valence-electron chi connectivity index (χ0n) is 12.1. The van der Waals surface area contributed by atoms with Crippen molar-refractivity contribution in [3.63, 3.8) is 0 Å². The van der Waals surface area contributed by atoms with Gasteiger partial charge in [-0.1, -0.05) is 17.7 Å². The normalized spacial score (nSPS) is 18.7. The van der Waals surface area contributed by atoms with Crippen LogP contribution in [0.5, 0.6) is 5.75 Å². The van der Waals surface area contributed by atoms with E-state index in [1.54, 1.807) is 18.2 Å². The topological polar surface area (TPSA) is 35.5 Å². The van der Waals surface area contributed by atoms with E-state index in [9.17, 15) is 18.3 Å². The molecule has 3 nitrogen and oxygen atoms in total. The quantitative estimate of drug-likeness (QED) is 0.897. The number of hydrogen-bond acceptors (Lipinski definition) is 3. The summed E-state index contributed by atoms with van der Waals surface area (Å²) in [4.78, 5) is 2.02. The minimum absolute atomic E-state index is 0.0273. The fraction of sp³-hybridized carbons (Fsp3) is 0.600. The summed E-state index contributed by atoms with van der Waals surface area (Å²) < 4.78 is 37.8. The van der Waals surface area contributed by atoms with Crippen LogP contribution in [0.25, 0.3) is 0 Å². The van der Waals surface area contributed by atoms with Crippen LogP contribution < -0.4 is 5.32 Å². The van der Waals surface area contributed by atoms with E-state index in [2.05, 4.69) is 5.32 Å². The molecule has 0 unspecified atom stereocenters. The molecule has 1 fully saturated rings. The molecule has 118 valence electrons. The standard InChI is InChI=1S/C15H21F3N2O/c1-11-2-3-14(21)12(10-11)13(4-5-15(16,17)18)20-8-6-19-7-9-20/h2-3,10,13,19,21H,4-9H2,1H3/t13-/m1/s1. The van der Waals surface area contributed by atoms with Crippen molar-refractivity contribution in [1.29, 1.82) is 0 Å². The van der Waals surface area contributed by atoms with Crippen molar-refractivity contribution in [3.8, 4) is 5.75 Å². The maximum absolute atomic E-state index is 12.6. The van der Waals surface area contributed by atoms with Gasteiger partial charge in [0.2, 0.25) is 0 Å². The smallest absolute Gasteiger partial charge is 0.389 e. The molecule has 1 saturated heterocycles. The molecule has 0 spiro atoms. The van der Waals surface area contributed by atoms with Gasteiger partial charge in [-0.15, -0.1) is 0 Å². The van der Waals surface area contributed by atoms with E-state index in [0.717, 1.165) is 18.7 Å². The maximum atomic E-state index is 12.6. The van der Waals surface area contributed by atoms with Crippen LogP contribution >= 0.6 is 0 Å². The molecule has 2 rings (SSSR count). The van der Waals surface area contributed by atoms with Gasteiger partial charge in [0.1, 0.15) is 5.75 Å². The van der Waals surface area contributed by atoms with Crippen molar-refractivity contribution in [2.45, 2.75) is 32.0 Å². The Bertz CT molecular complexity index is 470. The first-order valence-electron chi connectivity index (χ1n) is 7.18. The second-order valence-electron chi connectivity index (χ2n) is 5.52. The molecule has 21 heavy (non-hydrogen) atoms.